The number of rotatable bonds is 11. The number of nitrogens with zero attached hydrogens (tertiary/aromatic N) is 4. The summed E-state index contributed by atoms with van der Waals surface area (Å²) in [6.45, 7) is 7.46. The Morgan fingerprint density at radius 1 is 1.20 bits per heavy atom. The third-order valence-corrected chi connectivity index (χ3v) is 10.1. The lowest BCUT2D eigenvalue weighted by Gasteiger charge is -2.30. The van der Waals surface area contributed by atoms with E-state index in [-0.39, 0.29) is 39.7 Å². The SMILES string of the molecule is Cc1cc(Nc2ncc(Cl)c(NC(C=NC3CC3)=C(N)S(=O)(=O)C(C)C)n2)c(OC2CC2)cc1C1CCN(C)CC1. The number of likely N-dealkylation sites (tertiary alicyclic amines) is 1. The molecular formula is C29H40ClN7O3S. The molecule has 12 heteroatoms. The molecule has 0 bridgehead atoms. The Hall–Kier alpha value is -2.89. The quantitative estimate of drug-likeness (QED) is 0.300. The van der Waals surface area contributed by atoms with E-state index in [1.54, 1.807) is 13.8 Å². The van der Waals surface area contributed by atoms with Crippen molar-refractivity contribution in [2.75, 3.05) is 30.8 Å². The highest BCUT2D eigenvalue weighted by atomic mass is 35.5. The molecule has 4 N–H and O–H groups in total. The van der Waals surface area contributed by atoms with Crippen LogP contribution in [0.2, 0.25) is 5.02 Å². The molecule has 0 amide bonds. The lowest BCUT2D eigenvalue weighted by atomic mass is 9.86. The van der Waals surface area contributed by atoms with E-state index < -0.39 is 15.1 Å². The molecule has 0 spiro atoms. The lowest BCUT2D eigenvalue weighted by molar-refractivity contribution is 0.254. The predicted octanol–water partition coefficient (Wildman–Crippen LogP) is 5.13. The summed E-state index contributed by atoms with van der Waals surface area (Å²) in [5, 5.41) is 5.53. The van der Waals surface area contributed by atoms with Crippen LogP contribution in [0, 0.1) is 6.92 Å². The maximum Gasteiger partial charge on any atom is 0.229 e. The lowest BCUT2D eigenvalue weighted by Crippen LogP contribution is -2.29. The summed E-state index contributed by atoms with van der Waals surface area (Å²) in [5.74, 6) is 1.78. The summed E-state index contributed by atoms with van der Waals surface area (Å²) in [6, 6.07) is 4.44. The van der Waals surface area contributed by atoms with Gasteiger partial charge in [-0.25, -0.2) is 13.4 Å². The topological polar surface area (TPSA) is 135 Å². The first-order chi connectivity index (χ1) is 19.5. The monoisotopic (exact) mass is 601 g/mol. The first-order valence-electron chi connectivity index (χ1n) is 14.3. The molecule has 2 aromatic rings. The third kappa shape index (κ3) is 7.31. The van der Waals surface area contributed by atoms with Gasteiger partial charge in [0.2, 0.25) is 5.95 Å². The van der Waals surface area contributed by atoms with Crippen molar-refractivity contribution >= 4 is 45.1 Å². The van der Waals surface area contributed by atoms with Gasteiger partial charge in [-0.1, -0.05) is 11.6 Å². The smallest absolute Gasteiger partial charge is 0.229 e. The fourth-order valence-electron chi connectivity index (χ4n) is 4.76. The van der Waals surface area contributed by atoms with Crippen LogP contribution in [-0.2, 0) is 9.84 Å². The minimum absolute atomic E-state index is 0.133. The number of hydrogen-bond donors (Lipinski definition) is 3. The first-order valence-corrected chi connectivity index (χ1v) is 16.3. The number of aryl methyl sites for hydroxylation is 1. The Morgan fingerprint density at radius 3 is 2.54 bits per heavy atom. The van der Waals surface area contributed by atoms with Crippen molar-refractivity contribution in [1.29, 1.82) is 0 Å². The fraction of sp³-hybridized carbons (Fsp3) is 0.552. The average molecular weight is 602 g/mol. The number of nitrogens with one attached hydrogen (secondary N) is 2. The van der Waals surface area contributed by atoms with Crippen molar-refractivity contribution in [1.82, 2.24) is 14.9 Å². The number of benzene rings is 1. The second-order valence-corrected chi connectivity index (χ2v) is 14.5. The highest BCUT2D eigenvalue weighted by Gasteiger charge is 2.28. The zero-order valence-corrected chi connectivity index (χ0v) is 25.7. The van der Waals surface area contributed by atoms with Crippen LogP contribution in [0.25, 0.3) is 0 Å². The molecule has 2 saturated carbocycles. The van der Waals surface area contributed by atoms with Gasteiger partial charge >= 0.3 is 0 Å². The van der Waals surface area contributed by atoms with E-state index >= 15 is 0 Å². The number of anilines is 3. The second kappa shape index (κ2) is 12.1. The largest absolute Gasteiger partial charge is 0.488 e. The number of halogens is 1. The highest BCUT2D eigenvalue weighted by Crippen LogP contribution is 2.40. The van der Waals surface area contributed by atoms with Gasteiger partial charge in [0, 0.05) is 6.21 Å². The zero-order valence-electron chi connectivity index (χ0n) is 24.2. The van der Waals surface area contributed by atoms with Crippen LogP contribution < -0.4 is 21.1 Å². The average Bonchev–Trinajstić information content (AvgIpc) is 3.86. The Kier molecular flexibility index (Phi) is 8.77. The molecule has 5 rings (SSSR count). The van der Waals surface area contributed by atoms with Crippen molar-refractivity contribution < 1.29 is 13.2 Å². The van der Waals surface area contributed by atoms with Gasteiger partial charge in [-0.3, -0.25) is 4.99 Å². The van der Waals surface area contributed by atoms with E-state index in [1.165, 1.54) is 23.5 Å². The molecule has 2 heterocycles. The van der Waals surface area contributed by atoms with Crippen molar-refractivity contribution in [2.24, 2.45) is 10.7 Å². The Morgan fingerprint density at radius 2 is 1.90 bits per heavy atom. The van der Waals surface area contributed by atoms with E-state index in [1.807, 2.05) is 0 Å². The van der Waals surface area contributed by atoms with Crippen LogP contribution in [0.3, 0.4) is 0 Å². The van der Waals surface area contributed by atoms with Crippen LogP contribution in [-0.4, -0.2) is 67.0 Å². The number of piperidine rings is 1. The number of ether oxygens (including phenoxy) is 1. The molecule has 0 atom stereocenters. The van der Waals surface area contributed by atoms with Crippen LogP contribution in [0.15, 0.2) is 34.0 Å². The van der Waals surface area contributed by atoms with Crippen LogP contribution >= 0.6 is 11.6 Å². The third-order valence-electron chi connectivity index (χ3n) is 7.74. The second-order valence-electron chi connectivity index (χ2n) is 11.6. The van der Waals surface area contributed by atoms with Crippen molar-refractivity contribution in [2.45, 2.75) is 82.6 Å². The number of hydrogen-bond acceptors (Lipinski definition) is 10. The van der Waals surface area contributed by atoms with Crippen LogP contribution in [0.4, 0.5) is 17.5 Å². The maximum atomic E-state index is 12.9. The van der Waals surface area contributed by atoms with Gasteiger partial charge in [-0.15, -0.1) is 0 Å². The number of allylic oxidation sites excluding steroid dienone is 1. The fourth-order valence-corrected chi connectivity index (χ4v) is 5.81. The summed E-state index contributed by atoms with van der Waals surface area (Å²) >= 11 is 6.45. The molecule has 1 aliphatic heterocycles. The Labute approximate surface area is 247 Å². The van der Waals surface area contributed by atoms with Crippen molar-refractivity contribution in [3.63, 3.8) is 0 Å². The van der Waals surface area contributed by atoms with E-state index in [4.69, 9.17) is 22.1 Å². The summed E-state index contributed by atoms with van der Waals surface area (Å²) in [5.41, 5.74) is 9.56. The molecule has 10 nitrogen and oxygen atoms in total. The Bertz CT molecular complexity index is 1440. The van der Waals surface area contributed by atoms with Gasteiger partial charge < -0.3 is 26.0 Å². The van der Waals surface area contributed by atoms with Gasteiger partial charge in [0.05, 0.1) is 35.0 Å². The summed E-state index contributed by atoms with van der Waals surface area (Å²) in [7, 11) is -1.58. The Balaban J connectivity index is 1.44. The number of nitrogens with two attached hydrogens (primary N) is 1. The number of aromatic nitrogens is 2. The van der Waals surface area contributed by atoms with E-state index in [9.17, 15) is 8.42 Å². The van der Waals surface area contributed by atoms with E-state index in [2.05, 4.69) is 56.6 Å². The summed E-state index contributed by atoms with van der Waals surface area (Å²) in [4.78, 5) is 15.8. The van der Waals surface area contributed by atoms with Gasteiger partial charge in [0.25, 0.3) is 0 Å². The molecule has 222 valence electrons. The maximum absolute atomic E-state index is 12.9. The summed E-state index contributed by atoms with van der Waals surface area (Å²) < 4.78 is 32.0. The highest BCUT2D eigenvalue weighted by molar-refractivity contribution is 7.95. The minimum atomic E-state index is -3.75. The minimum Gasteiger partial charge on any atom is -0.488 e. The van der Waals surface area contributed by atoms with Gasteiger partial charge in [-0.05, 0) is 109 Å². The predicted molar refractivity (Wildman–Crippen MR) is 165 cm³/mol. The number of aliphatic imine (C=N–C) groups is 1. The van der Waals surface area contributed by atoms with Gasteiger partial charge in [0.1, 0.15) is 10.8 Å². The van der Waals surface area contributed by atoms with E-state index in [0.29, 0.717) is 5.92 Å². The first kappa shape index (κ1) is 29.6. The zero-order chi connectivity index (χ0) is 29.3. The van der Waals surface area contributed by atoms with Gasteiger partial charge in [0.15, 0.2) is 20.7 Å². The molecular weight excluding hydrogens is 562 g/mol. The molecule has 1 aromatic carbocycles. The van der Waals surface area contributed by atoms with E-state index in [0.717, 1.165) is 63.1 Å². The van der Waals surface area contributed by atoms with Gasteiger partial charge in [-0.2, -0.15) is 4.98 Å². The molecule has 2 aliphatic carbocycles. The molecule has 0 radical (unpaired) electrons. The normalized spacial score (nSPS) is 19.5. The molecule has 1 aromatic heterocycles. The molecule has 0 unspecified atom stereocenters. The van der Waals surface area contributed by atoms with Crippen LogP contribution in [0.5, 0.6) is 5.75 Å². The summed E-state index contributed by atoms with van der Waals surface area (Å²) in [6.07, 6.45) is 9.40. The molecule has 3 fully saturated rings. The number of sulfone groups is 1. The van der Waals surface area contributed by atoms with Crippen molar-refractivity contribution in [3.8, 4) is 5.75 Å². The van der Waals surface area contributed by atoms with Crippen molar-refractivity contribution in [3.05, 3.63) is 45.2 Å². The molecule has 3 aliphatic rings. The molecule has 1 saturated heterocycles. The van der Waals surface area contributed by atoms with Crippen LogP contribution in [0.1, 0.15) is 69.4 Å². The standard InChI is InChI=1S/C29H40ClN7O3S/c1-17(2)41(38,39)27(31)25(16-32-20-5-6-20)34-28-23(30)15-33-29(36-28)35-24-13-18(3)22(14-26(24)40-21-7-8-21)19-9-11-37(4)12-10-19/h13-17,19-21H,5-12,31H2,1-4H3,(H2,33,34,35,36). The molecule has 41 heavy (non-hydrogen) atoms.